The largest absolute Gasteiger partial charge is 0.377 e. The van der Waals surface area contributed by atoms with Crippen LogP contribution >= 0.6 is 0 Å². The fraction of sp³-hybridized carbons (Fsp3) is 1.00. The van der Waals surface area contributed by atoms with Crippen LogP contribution in [-0.4, -0.2) is 40.6 Å². The molecule has 0 amide bonds. The van der Waals surface area contributed by atoms with E-state index in [0.29, 0.717) is 5.75 Å². The molecule has 0 spiro atoms. The van der Waals surface area contributed by atoms with Gasteiger partial charge in [0.15, 0.2) is 0 Å². The zero-order valence-electron chi connectivity index (χ0n) is 7.19. The molecule has 4 atom stereocenters. The highest BCUT2D eigenvalue weighted by molar-refractivity contribution is 7.85. The molecule has 2 aliphatic rings. The fourth-order valence-corrected chi connectivity index (χ4v) is 3.20. The van der Waals surface area contributed by atoms with E-state index in [0.717, 1.165) is 19.6 Å². The van der Waals surface area contributed by atoms with Gasteiger partial charge in [0.1, 0.15) is 0 Å². The second-order valence-electron chi connectivity index (χ2n) is 3.41. The van der Waals surface area contributed by atoms with E-state index in [9.17, 15) is 4.21 Å². The quantitative estimate of drug-likeness (QED) is 0.601. The highest BCUT2D eigenvalue weighted by Crippen LogP contribution is 2.21. The average Bonchev–Trinajstić information content (AvgIpc) is 2.72. The molecule has 0 aromatic carbocycles. The summed E-state index contributed by atoms with van der Waals surface area (Å²) in [5.74, 6) is 0.707. The lowest BCUT2D eigenvalue weighted by atomic mass is 10.3. The van der Waals surface area contributed by atoms with E-state index in [1.807, 2.05) is 6.92 Å². The summed E-state index contributed by atoms with van der Waals surface area (Å²) in [6.07, 6.45) is 1.39. The third-order valence-corrected chi connectivity index (χ3v) is 4.39. The van der Waals surface area contributed by atoms with Gasteiger partial charge in [0.05, 0.1) is 29.8 Å². The van der Waals surface area contributed by atoms with Gasteiger partial charge in [0, 0.05) is 17.4 Å². The Morgan fingerprint density at radius 3 is 2.75 bits per heavy atom. The van der Waals surface area contributed by atoms with E-state index in [1.54, 1.807) is 0 Å². The molecule has 2 fully saturated rings. The molecule has 3 nitrogen and oxygen atoms in total. The topological polar surface area (TPSA) is 38.8 Å². The molecule has 0 N–H and O–H groups in total. The van der Waals surface area contributed by atoms with Crippen molar-refractivity contribution in [2.75, 3.05) is 19.0 Å². The van der Waals surface area contributed by atoms with Crippen molar-refractivity contribution in [2.45, 2.75) is 30.8 Å². The van der Waals surface area contributed by atoms with Gasteiger partial charge in [-0.3, -0.25) is 4.21 Å². The minimum atomic E-state index is -0.743. The summed E-state index contributed by atoms with van der Waals surface area (Å²) in [4.78, 5) is 0. The first-order chi connectivity index (χ1) is 5.77. The van der Waals surface area contributed by atoms with Gasteiger partial charge in [-0.1, -0.05) is 0 Å². The van der Waals surface area contributed by atoms with Gasteiger partial charge in [0.2, 0.25) is 0 Å². The van der Waals surface area contributed by atoms with Crippen molar-refractivity contribution >= 4 is 10.8 Å². The predicted molar refractivity (Wildman–Crippen MR) is 46.6 cm³/mol. The van der Waals surface area contributed by atoms with Crippen molar-refractivity contribution in [3.8, 4) is 0 Å². The number of rotatable bonds is 3. The molecule has 70 valence electrons. The number of hydrogen-bond acceptors (Lipinski definition) is 3. The zero-order valence-corrected chi connectivity index (χ0v) is 8.01. The monoisotopic (exact) mass is 190 g/mol. The molecule has 0 aromatic heterocycles. The van der Waals surface area contributed by atoms with Crippen LogP contribution in [0.3, 0.4) is 0 Å². The lowest BCUT2D eigenvalue weighted by molar-refractivity contribution is 0.127. The minimum absolute atomic E-state index is 0.171. The highest BCUT2D eigenvalue weighted by atomic mass is 32.2. The molecule has 0 aliphatic carbocycles. The normalized spacial score (nSPS) is 42.9. The van der Waals surface area contributed by atoms with Crippen LogP contribution in [0.15, 0.2) is 0 Å². The molecule has 4 unspecified atom stereocenters. The average molecular weight is 190 g/mol. The summed E-state index contributed by atoms with van der Waals surface area (Å²) in [6.45, 7) is 3.57. The maximum absolute atomic E-state index is 11.7. The number of ether oxygens (including phenoxy) is 2. The van der Waals surface area contributed by atoms with Crippen LogP contribution in [0.25, 0.3) is 0 Å². The van der Waals surface area contributed by atoms with Crippen LogP contribution in [0.1, 0.15) is 13.3 Å². The van der Waals surface area contributed by atoms with Gasteiger partial charge >= 0.3 is 0 Å². The molecule has 12 heavy (non-hydrogen) atoms. The second-order valence-corrected chi connectivity index (χ2v) is 5.11. The maximum atomic E-state index is 11.7. The van der Waals surface area contributed by atoms with Crippen LogP contribution in [-0.2, 0) is 20.3 Å². The van der Waals surface area contributed by atoms with E-state index >= 15 is 0 Å². The lowest BCUT2D eigenvalue weighted by Gasteiger charge is -2.12. The first-order valence-electron chi connectivity index (χ1n) is 4.38. The predicted octanol–water partition coefficient (Wildman–Crippen LogP) is 0.311. The van der Waals surface area contributed by atoms with Crippen LogP contribution < -0.4 is 0 Å². The Bertz CT molecular complexity index is 191. The van der Waals surface area contributed by atoms with Crippen LogP contribution in [0.4, 0.5) is 0 Å². The molecule has 2 heterocycles. The summed E-state index contributed by atoms with van der Waals surface area (Å²) in [5, 5.41) is 0.245. The zero-order chi connectivity index (χ0) is 8.55. The summed E-state index contributed by atoms with van der Waals surface area (Å²) in [7, 11) is -0.743. The molecule has 0 radical (unpaired) electrons. The summed E-state index contributed by atoms with van der Waals surface area (Å²) in [6, 6.07) is 0. The molecular formula is C8H14O3S. The van der Waals surface area contributed by atoms with Crippen molar-refractivity contribution in [1.29, 1.82) is 0 Å². The number of epoxide rings is 1. The number of hydrogen-bond donors (Lipinski definition) is 0. The molecule has 2 saturated heterocycles. The van der Waals surface area contributed by atoms with E-state index in [-0.39, 0.29) is 17.5 Å². The Morgan fingerprint density at radius 1 is 1.50 bits per heavy atom. The Labute approximate surface area is 74.9 Å². The fourth-order valence-electron chi connectivity index (χ4n) is 1.53. The molecule has 2 rings (SSSR count). The Hall–Kier alpha value is 0.0700. The third-order valence-electron chi connectivity index (χ3n) is 2.40. The van der Waals surface area contributed by atoms with Crippen LogP contribution in [0, 0.1) is 0 Å². The van der Waals surface area contributed by atoms with Gasteiger partial charge in [-0.15, -0.1) is 0 Å². The Morgan fingerprint density at radius 2 is 2.25 bits per heavy atom. The van der Waals surface area contributed by atoms with Gasteiger partial charge in [0.25, 0.3) is 0 Å². The molecule has 0 aromatic rings. The van der Waals surface area contributed by atoms with Gasteiger partial charge in [-0.2, -0.15) is 0 Å². The van der Waals surface area contributed by atoms with Gasteiger partial charge in [-0.05, 0) is 13.3 Å². The van der Waals surface area contributed by atoms with Gasteiger partial charge < -0.3 is 9.47 Å². The van der Waals surface area contributed by atoms with Crippen molar-refractivity contribution in [2.24, 2.45) is 0 Å². The van der Waals surface area contributed by atoms with Crippen molar-refractivity contribution in [3.63, 3.8) is 0 Å². The van der Waals surface area contributed by atoms with Crippen LogP contribution in [0.5, 0.6) is 0 Å². The van der Waals surface area contributed by atoms with Crippen molar-refractivity contribution in [1.82, 2.24) is 0 Å². The Kier molecular flexibility index (Phi) is 2.48. The first kappa shape index (κ1) is 8.66. The van der Waals surface area contributed by atoms with Crippen LogP contribution in [0.2, 0.25) is 0 Å². The summed E-state index contributed by atoms with van der Waals surface area (Å²) >= 11 is 0. The van der Waals surface area contributed by atoms with E-state index < -0.39 is 10.8 Å². The Balaban J connectivity index is 1.84. The van der Waals surface area contributed by atoms with E-state index in [2.05, 4.69) is 0 Å². The molecule has 0 bridgehead atoms. The highest BCUT2D eigenvalue weighted by Gasteiger charge is 2.34. The summed E-state index contributed by atoms with van der Waals surface area (Å²) in [5.41, 5.74) is 0. The maximum Gasteiger partial charge on any atom is 0.0924 e. The van der Waals surface area contributed by atoms with Gasteiger partial charge in [-0.25, -0.2) is 0 Å². The minimum Gasteiger partial charge on any atom is -0.377 e. The molecular weight excluding hydrogens is 176 g/mol. The van der Waals surface area contributed by atoms with E-state index in [1.165, 1.54) is 0 Å². The van der Waals surface area contributed by atoms with E-state index in [4.69, 9.17) is 9.47 Å². The molecule has 4 heteroatoms. The van der Waals surface area contributed by atoms with Crippen molar-refractivity contribution in [3.05, 3.63) is 0 Å². The lowest BCUT2D eigenvalue weighted by Crippen LogP contribution is -2.26. The first-order valence-corrected chi connectivity index (χ1v) is 5.76. The standard InChI is InChI=1S/C8H14O3S/c1-6-8(2-3-10-6)12(9)5-7-4-11-7/h6-8H,2-5H2,1H3. The van der Waals surface area contributed by atoms with Crippen molar-refractivity contribution < 1.29 is 13.7 Å². The second kappa shape index (κ2) is 3.44. The third kappa shape index (κ3) is 1.87. The SMILES string of the molecule is CC1OCCC1S(=O)CC1CO1. The molecule has 2 aliphatic heterocycles. The smallest absolute Gasteiger partial charge is 0.0924 e. The summed E-state index contributed by atoms with van der Waals surface area (Å²) < 4.78 is 22.1. The molecule has 0 saturated carbocycles.